The number of unbranched alkanes of at least 4 members (excludes halogenated alkanes) is 18. The van der Waals surface area contributed by atoms with E-state index in [0.717, 1.165) is 25.2 Å². The molecule has 1 atom stereocenters. The minimum atomic E-state index is 0.761. The quantitative estimate of drug-likeness (QED) is 0.125. The van der Waals surface area contributed by atoms with Crippen LogP contribution in [0, 0.1) is 31.6 Å². The van der Waals surface area contributed by atoms with E-state index >= 15 is 0 Å². The van der Waals surface area contributed by atoms with Crippen LogP contribution in [0.2, 0.25) is 0 Å². The first-order chi connectivity index (χ1) is 14.3. The summed E-state index contributed by atoms with van der Waals surface area (Å²) < 4.78 is 0. The van der Waals surface area contributed by atoms with Crippen molar-refractivity contribution in [3.63, 3.8) is 0 Å². The second-order valence-electron chi connectivity index (χ2n) is 9.25. The van der Waals surface area contributed by atoms with Crippen LogP contribution >= 0.6 is 0 Å². The fourth-order valence-electron chi connectivity index (χ4n) is 4.17. The number of rotatable bonds is 22. The van der Waals surface area contributed by atoms with E-state index in [9.17, 15) is 0 Å². The Hall–Kier alpha value is -0.440. The van der Waals surface area contributed by atoms with Gasteiger partial charge in [0.1, 0.15) is 0 Å². The van der Waals surface area contributed by atoms with Crippen LogP contribution in [-0.2, 0) is 0 Å². The van der Waals surface area contributed by atoms with Crippen LogP contribution in [0.1, 0.15) is 155 Å². The van der Waals surface area contributed by atoms with Crippen LogP contribution in [0.5, 0.6) is 0 Å². The zero-order valence-corrected chi connectivity index (χ0v) is 20.3. The third kappa shape index (κ3) is 25.5. The Bertz CT molecular complexity index is 345. The van der Waals surface area contributed by atoms with Gasteiger partial charge in [0.25, 0.3) is 0 Å². The van der Waals surface area contributed by atoms with Crippen LogP contribution in [0.15, 0.2) is 0 Å². The molecule has 0 N–H and O–H groups in total. The molecule has 0 aromatic rings. The summed E-state index contributed by atoms with van der Waals surface area (Å²) in [5, 5.41) is 0. The van der Waals surface area contributed by atoms with Gasteiger partial charge >= 0.3 is 0 Å². The van der Waals surface area contributed by atoms with Gasteiger partial charge in [0.05, 0.1) is 0 Å². The molecule has 0 bridgehead atoms. The standard InChI is InChI=1S/C29H54/c1-4-6-8-10-12-13-14-15-16-17-18-19-20-21-22-24-26-28-29(3)27-25-23-11-9-7-5-2/h29H,1-2,4-5,7,9-28H2,3H3. The van der Waals surface area contributed by atoms with Crippen molar-refractivity contribution in [1.29, 1.82) is 0 Å². The van der Waals surface area contributed by atoms with Crippen molar-refractivity contribution in [2.45, 2.75) is 155 Å². The van der Waals surface area contributed by atoms with E-state index < -0.39 is 0 Å². The molecule has 0 rings (SSSR count). The van der Waals surface area contributed by atoms with Crippen LogP contribution < -0.4 is 0 Å². The van der Waals surface area contributed by atoms with Crippen molar-refractivity contribution in [2.75, 3.05) is 0 Å². The highest BCUT2D eigenvalue weighted by Gasteiger charge is 2.02. The van der Waals surface area contributed by atoms with Gasteiger partial charge < -0.3 is 0 Å². The summed E-state index contributed by atoms with van der Waals surface area (Å²) in [6, 6.07) is 0. The van der Waals surface area contributed by atoms with Gasteiger partial charge in [0.2, 0.25) is 0 Å². The first-order valence-electron chi connectivity index (χ1n) is 13.4. The average Bonchev–Trinajstić information content (AvgIpc) is 2.73. The molecule has 0 heteroatoms. The SMILES string of the molecule is [CH2]CC#CCCCCCCCCCCCCCCCC(C)CCCCCCC[CH2]. The monoisotopic (exact) mass is 402 g/mol. The van der Waals surface area contributed by atoms with Crippen LogP contribution in [0.4, 0.5) is 0 Å². The first kappa shape index (κ1) is 28.6. The molecule has 0 aliphatic heterocycles. The normalized spacial score (nSPS) is 12.0. The molecule has 0 nitrogen and oxygen atoms in total. The highest BCUT2D eigenvalue weighted by Crippen LogP contribution is 2.19. The smallest absolute Gasteiger partial charge is 0.00890 e. The topological polar surface area (TPSA) is 0 Å². The van der Waals surface area contributed by atoms with Crippen LogP contribution in [0.25, 0.3) is 0 Å². The number of hydrogen-bond acceptors (Lipinski definition) is 0. The third-order valence-corrected chi connectivity index (χ3v) is 6.20. The van der Waals surface area contributed by atoms with E-state index in [-0.39, 0.29) is 0 Å². The van der Waals surface area contributed by atoms with Gasteiger partial charge in [-0.2, -0.15) is 0 Å². The van der Waals surface area contributed by atoms with E-state index in [0.29, 0.717) is 0 Å². The van der Waals surface area contributed by atoms with E-state index in [1.54, 1.807) is 0 Å². The van der Waals surface area contributed by atoms with Crippen molar-refractivity contribution in [1.82, 2.24) is 0 Å². The molecule has 0 aromatic carbocycles. The molecule has 170 valence electrons. The molecular weight excluding hydrogens is 348 g/mol. The fraction of sp³-hybridized carbons (Fsp3) is 0.862. The lowest BCUT2D eigenvalue weighted by molar-refractivity contribution is 0.431. The second-order valence-corrected chi connectivity index (χ2v) is 9.25. The molecule has 0 fully saturated rings. The maximum atomic E-state index is 3.92. The molecule has 2 radical (unpaired) electrons. The molecular formula is C29H54. The van der Waals surface area contributed by atoms with Gasteiger partial charge in [0.15, 0.2) is 0 Å². The molecule has 0 spiro atoms. The van der Waals surface area contributed by atoms with Crippen molar-refractivity contribution < 1.29 is 0 Å². The summed E-state index contributed by atoms with van der Waals surface area (Å²) in [5.74, 6) is 7.19. The molecule has 0 aliphatic carbocycles. The molecule has 0 aromatic heterocycles. The molecule has 0 aliphatic rings. The lowest BCUT2D eigenvalue weighted by Crippen LogP contribution is -1.95. The summed E-state index contributed by atoms with van der Waals surface area (Å²) >= 11 is 0. The Morgan fingerprint density at radius 1 is 0.483 bits per heavy atom. The lowest BCUT2D eigenvalue weighted by Gasteiger charge is -2.11. The fourth-order valence-corrected chi connectivity index (χ4v) is 4.17. The summed E-state index contributed by atoms with van der Waals surface area (Å²) in [5.41, 5.74) is 0. The van der Waals surface area contributed by atoms with E-state index in [1.807, 2.05) is 0 Å². The molecule has 0 saturated heterocycles. The van der Waals surface area contributed by atoms with Crippen molar-refractivity contribution in [3.8, 4) is 11.8 Å². The molecule has 1 unspecified atom stereocenters. The van der Waals surface area contributed by atoms with E-state index in [4.69, 9.17) is 0 Å². The van der Waals surface area contributed by atoms with Gasteiger partial charge in [-0.1, -0.05) is 142 Å². The molecule has 0 heterocycles. The summed E-state index contributed by atoms with van der Waals surface area (Å²) in [4.78, 5) is 0. The highest BCUT2D eigenvalue weighted by atomic mass is 14.1. The lowest BCUT2D eigenvalue weighted by atomic mass is 9.96. The minimum Gasteiger partial charge on any atom is -0.103 e. The van der Waals surface area contributed by atoms with E-state index in [1.165, 1.54) is 128 Å². The Morgan fingerprint density at radius 2 is 0.862 bits per heavy atom. The van der Waals surface area contributed by atoms with Crippen LogP contribution in [-0.4, -0.2) is 0 Å². The first-order valence-corrected chi connectivity index (χ1v) is 13.4. The van der Waals surface area contributed by atoms with Gasteiger partial charge in [-0.25, -0.2) is 0 Å². The van der Waals surface area contributed by atoms with Gasteiger partial charge in [-0.05, 0) is 19.3 Å². The largest absolute Gasteiger partial charge is 0.103 e. The minimum absolute atomic E-state index is 0.761. The Labute approximate surface area is 186 Å². The predicted molar refractivity (Wildman–Crippen MR) is 134 cm³/mol. The average molecular weight is 403 g/mol. The van der Waals surface area contributed by atoms with Crippen molar-refractivity contribution >= 4 is 0 Å². The van der Waals surface area contributed by atoms with Gasteiger partial charge in [-0.15, -0.1) is 11.8 Å². The summed E-state index contributed by atoms with van der Waals surface area (Å²) in [6.07, 6.45) is 31.5. The maximum Gasteiger partial charge on any atom is 0.00890 e. The van der Waals surface area contributed by atoms with Gasteiger partial charge in [0, 0.05) is 12.8 Å². The zero-order valence-electron chi connectivity index (χ0n) is 20.3. The molecule has 0 saturated carbocycles. The number of hydrogen-bond donors (Lipinski definition) is 0. The van der Waals surface area contributed by atoms with E-state index in [2.05, 4.69) is 32.6 Å². The third-order valence-electron chi connectivity index (χ3n) is 6.20. The van der Waals surface area contributed by atoms with Gasteiger partial charge in [-0.3, -0.25) is 0 Å². The highest BCUT2D eigenvalue weighted by molar-refractivity contribution is 4.98. The summed E-state index contributed by atoms with van der Waals surface area (Å²) in [6.45, 7) is 10.1. The predicted octanol–water partition coefficient (Wildman–Crippen LogP) is 10.3. The maximum absolute atomic E-state index is 3.92. The molecule has 0 amide bonds. The van der Waals surface area contributed by atoms with Crippen LogP contribution in [0.3, 0.4) is 0 Å². The van der Waals surface area contributed by atoms with Crippen molar-refractivity contribution in [3.05, 3.63) is 13.8 Å². The Balaban J connectivity index is 3.12. The zero-order chi connectivity index (χ0) is 21.3. The Kier molecular flexibility index (Phi) is 25.2. The second kappa shape index (κ2) is 25.6. The van der Waals surface area contributed by atoms with Crippen molar-refractivity contribution in [2.24, 2.45) is 5.92 Å². The Morgan fingerprint density at radius 3 is 1.28 bits per heavy atom. The summed E-state index contributed by atoms with van der Waals surface area (Å²) in [7, 11) is 0. The molecule has 29 heavy (non-hydrogen) atoms.